The molecular formula is C33H47N3O5. The second-order valence-corrected chi connectivity index (χ2v) is 12.0. The van der Waals surface area contributed by atoms with Gasteiger partial charge >= 0.3 is 0 Å². The monoisotopic (exact) mass is 565 g/mol. The van der Waals surface area contributed by atoms with Gasteiger partial charge in [0.2, 0.25) is 17.7 Å². The molecule has 1 spiro atoms. The van der Waals surface area contributed by atoms with Crippen molar-refractivity contribution in [3.8, 4) is 0 Å². The van der Waals surface area contributed by atoms with E-state index in [4.69, 9.17) is 4.74 Å². The first-order chi connectivity index (χ1) is 19.7. The van der Waals surface area contributed by atoms with Gasteiger partial charge in [-0.25, -0.2) is 0 Å². The Labute approximate surface area is 245 Å². The minimum atomic E-state index is -1.07. The molecule has 1 aromatic rings. The number of benzene rings is 1. The van der Waals surface area contributed by atoms with Gasteiger partial charge in [-0.05, 0) is 64.5 Å². The van der Waals surface area contributed by atoms with Gasteiger partial charge in [-0.2, -0.15) is 0 Å². The standard InChI is InChI=1S/C33H47N3O5/c1-6-15-24(4)34(20-7-2)31(40)28-33-19-18-32(5,41-33)26(27(33)30(39)36(28)22-13-10-14-23-37)29(38)35(21-8-3)25-16-11-9-12-17-25/h7-9,11-12,16-17,24,26-28,37H,2-3,6,10,13-15,18-23H2,1,4-5H3/t24?,26-,27+,28?,32+,33?/m1/s1. The van der Waals surface area contributed by atoms with Gasteiger partial charge in [-0.1, -0.05) is 43.7 Å². The number of carbonyl (C=O) groups is 3. The van der Waals surface area contributed by atoms with Gasteiger partial charge in [-0.3, -0.25) is 14.4 Å². The van der Waals surface area contributed by atoms with Gasteiger partial charge in [0.25, 0.3) is 0 Å². The van der Waals surface area contributed by atoms with Crippen LogP contribution in [0.1, 0.15) is 65.7 Å². The van der Waals surface area contributed by atoms with Crippen molar-refractivity contribution in [2.45, 2.75) is 89.0 Å². The van der Waals surface area contributed by atoms with Crippen molar-refractivity contribution in [2.24, 2.45) is 11.8 Å². The molecule has 0 saturated carbocycles. The number of hydrogen-bond donors (Lipinski definition) is 1. The zero-order valence-electron chi connectivity index (χ0n) is 25.0. The van der Waals surface area contributed by atoms with Crippen LogP contribution in [-0.2, 0) is 19.1 Å². The number of anilines is 1. The largest absolute Gasteiger partial charge is 0.396 e. The molecule has 3 aliphatic rings. The summed E-state index contributed by atoms with van der Waals surface area (Å²) >= 11 is 0. The SMILES string of the molecule is C=CCN(C(=O)[C@H]1[C@H]2C(=O)N(CCCCCO)C(C(=O)N(CC=C)C(C)CCC)C23CC[C@]1(C)O3)c1ccccc1. The number of rotatable bonds is 15. The summed E-state index contributed by atoms with van der Waals surface area (Å²) in [5, 5.41) is 9.30. The third-order valence-electron chi connectivity index (χ3n) is 9.33. The summed E-state index contributed by atoms with van der Waals surface area (Å²) in [6.07, 6.45) is 8.35. The molecule has 0 aliphatic carbocycles. The molecule has 3 saturated heterocycles. The van der Waals surface area contributed by atoms with Crippen molar-refractivity contribution in [3.05, 3.63) is 55.6 Å². The molecule has 41 heavy (non-hydrogen) atoms. The van der Waals surface area contributed by atoms with E-state index in [0.29, 0.717) is 45.3 Å². The van der Waals surface area contributed by atoms with E-state index in [9.17, 15) is 19.5 Å². The number of aliphatic hydroxyl groups excluding tert-OH is 1. The average Bonchev–Trinajstić information content (AvgIpc) is 3.53. The van der Waals surface area contributed by atoms with Crippen molar-refractivity contribution in [3.63, 3.8) is 0 Å². The lowest BCUT2D eigenvalue weighted by molar-refractivity contribution is -0.152. The molecule has 8 nitrogen and oxygen atoms in total. The van der Waals surface area contributed by atoms with Crippen LogP contribution < -0.4 is 4.90 Å². The average molecular weight is 566 g/mol. The number of nitrogens with zero attached hydrogens (tertiary/aromatic N) is 3. The summed E-state index contributed by atoms with van der Waals surface area (Å²) in [6, 6.07) is 8.59. The van der Waals surface area contributed by atoms with E-state index in [1.165, 1.54) is 0 Å². The molecule has 6 atom stereocenters. The minimum Gasteiger partial charge on any atom is -0.396 e. The van der Waals surface area contributed by atoms with Crippen molar-refractivity contribution in [1.29, 1.82) is 0 Å². The summed E-state index contributed by atoms with van der Waals surface area (Å²) in [4.78, 5) is 48.6. The van der Waals surface area contributed by atoms with Gasteiger partial charge in [0.1, 0.15) is 11.6 Å². The van der Waals surface area contributed by atoms with E-state index in [1.54, 1.807) is 22.0 Å². The molecule has 2 bridgehead atoms. The van der Waals surface area contributed by atoms with Crippen LogP contribution in [-0.4, -0.2) is 82.2 Å². The zero-order valence-corrected chi connectivity index (χ0v) is 25.0. The number of carbonyl (C=O) groups excluding carboxylic acids is 3. The van der Waals surface area contributed by atoms with Gasteiger partial charge in [0.15, 0.2) is 0 Å². The first kappa shape index (κ1) is 31.0. The molecule has 3 fully saturated rings. The number of ether oxygens (including phenoxy) is 1. The third-order valence-corrected chi connectivity index (χ3v) is 9.33. The van der Waals surface area contributed by atoms with Crippen LogP contribution in [0.4, 0.5) is 5.69 Å². The zero-order chi connectivity index (χ0) is 29.8. The number of fused-ring (bicyclic) bond motifs is 1. The number of likely N-dealkylation sites (tertiary alicyclic amines) is 1. The van der Waals surface area contributed by atoms with Crippen LogP contribution in [0.5, 0.6) is 0 Å². The Morgan fingerprint density at radius 1 is 1.12 bits per heavy atom. The second-order valence-electron chi connectivity index (χ2n) is 12.0. The quantitative estimate of drug-likeness (QED) is 0.253. The number of amides is 3. The second kappa shape index (κ2) is 12.9. The fourth-order valence-corrected chi connectivity index (χ4v) is 7.48. The molecule has 3 aliphatic heterocycles. The Kier molecular flexibility index (Phi) is 9.75. The fraction of sp³-hybridized carbons (Fsp3) is 0.606. The molecule has 3 heterocycles. The highest BCUT2D eigenvalue weighted by Crippen LogP contribution is 2.63. The third kappa shape index (κ3) is 5.48. The van der Waals surface area contributed by atoms with Gasteiger partial charge in [-0.15, -0.1) is 13.2 Å². The summed E-state index contributed by atoms with van der Waals surface area (Å²) in [6.45, 7) is 15.0. The summed E-state index contributed by atoms with van der Waals surface area (Å²) in [7, 11) is 0. The number of hydrogen-bond acceptors (Lipinski definition) is 5. The highest BCUT2D eigenvalue weighted by molar-refractivity contribution is 6.03. The van der Waals surface area contributed by atoms with Crippen LogP contribution in [0.2, 0.25) is 0 Å². The maximum Gasteiger partial charge on any atom is 0.248 e. The van der Waals surface area contributed by atoms with E-state index < -0.39 is 29.1 Å². The normalized spacial score (nSPS) is 28.8. The van der Waals surface area contributed by atoms with E-state index in [-0.39, 0.29) is 30.4 Å². The van der Waals surface area contributed by atoms with Crippen LogP contribution >= 0.6 is 0 Å². The highest BCUT2D eigenvalue weighted by Gasteiger charge is 2.78. The van der Waals surface area contributed by atoms with Crippen molar-refractivity contribution in [1.82, 2.24) is 9.80 Å². The first-order valence-corrected chi connectivity index (χ1v) is 15.2. The molecule has 4 rings (SSSR count). The fourth-order valence-electron chi connectivity index (χ4n) is 7.48. The Morgan fingerprint density at radius 2 is 1.83 bits per heavy atom. The van der Waals surface area contributed by atoms with E-state index in [2.05, 4.69) is 20.1 Å². The summed E-state index contributed by atoms with van der Waals surface area (Å²) in [5.74, 6) is -1.95. The lowest BCUT2D eigenvalue weighted by Gasteiger charge is -2.39. The van der Waals surface area contributed by atoms with Crippen LogP contribution in [0.15, 0.2) is 55.6 Å². The smallest absolute Gasteiger partial charge is 0.248 e. The molecule has 3 unspecified atom stereocenters. The number of aliphatic hydroxyl groups is 1. The maximum atomic E-state index is 14.5. The van der Waals surface area contributed by atoms with Crippen LogP contribution in [0, 0.1) is 11.8 Å². The topological polar surface area (TPSA) is 90.4 Å². The summed E-state index contributed by atoms with van der Waals surface area (Å²) in [5.41, 5.74) is -1.18. The molecule has 224 valence electrons. The molecule has 8 heteroatoms. The molecule has 0 aromatic heterocycles. The predicted octanol–water partition coefficient (Wildman–Crippen LogP) is 4.34. The van der Waals surface area contributed by atoms with E-state index in [0.717, 1.165) is 24.9 Å². The van der Waals surface area contributed by atoms with Gasteiger partial charge < -0.3 is 24.5 Å². The Morgan fingerprint density at radius 3 is 2.46 bits per heavy atom. The maximum absolute atomic E-state index is 14.5. The summed E-state index contributed by atoms with van der Waals surface area (Å²) < 4.78 is 6.85. The molecule has 1 N–H and O–H groups in total. The molecule has 3 amide bonds. The Balaban J connectivity index is 1.76. The molecular weight excluding hydrogens is 518 g/mol. The Bertz CT molecular complexity index is 1130. The molecule has 0 radical (unpaired) electrons. The van der Waals surface area contributed by atoms with E-state index in [1.807, 2.05) is 49.1 Å². The van der Waals surface area contributed by atoms with E-state index >= 15 is 0 Å². The molecule has 1 aromatic carbocycles. The predicted molar refractivity (Wildman–Crippen MR) is 160 cm³/mol. The van der Waals surface area contributed by atoms with Crippen molar-refractivity contribution >= 4 is 23.4 Å². The lowest BCUT2D eigenvalue weighted by Crippen LogP contribution is -2.58. The van der Waals surface area contributed by atoms with Gasteiger partial charge in [0.05, 0.1) is 17.4 Å². The first-order valence-electron chi connectivity index (χ1n) is 15.2. The lowest BCUT2D eigenvalue weighted by atomic mass is 9.66. The minimum absolute atomic E-state index is 0.0277. The number of unbranched alkanes of at least 4 members (excludes halogenated alkanes) is 2. The van der Waals surface area contributed by atoms with Crippen molar-refractivity contribution < 1.29 is 24.2 Å². The highest BCUT2D eigenvalue weighted by atomic mass is 16.5. The Hall–Kier alpha value is -2.97. The van der Waals surface area contributed by atoms with Gasteiger partial charge in [0, 0.05) is 38.0 Å². The van der Waals surface area contributed by atoms with Crippen LogP contribution in [0.3, 0.4) is 0 Å². The van der Waals surface area contributed by atoms with Crippen molar-refractivity contribution in [2.75, 3.05) is 31.1 Å². The van der Waals surface area contributed by atoms with Crippen LogP contribution in [0.25, 0.3) is 0 Å². The number of para-hydroxylation sites is 1.